The van der Waals surface area contributed by atoms with E-state index in [1.165, 1.54) is 18.2 Å². The molecule has 6 heteroatoms. The molecule has 0 spiro atoms. The zero-order valence-electron chi connectivity index (χ0n) is 15.5. The summed E-state index contributed by atoms with van der Waals surface area (Å²) in [6.45, 7) is 6.60. The first-order valence-electron chi connectivity index (χ1n) is 8.35. The van der Waals surface area contributed by atoms with E-state index in [4.69, 9.17) is 21.7 Å². The molecule has 2 rings (SSSR count). The number of esters is 1. The molecule has 2 aromatic carbocycles. The van der Waals surface area contributed by atoms with E-state index in [-0.39, 0.29) is 12.0 Å². The Bertz CT molecular complexity index is 792. The fraction of sp³-hybridized carbons (Fsp3) is 0.300. The summed E-state index contributed by atoms with van der Waals surface area (Å²) in [4.78, 5) is 11.6. The van der Waals surface area contributed by atoms with Crippen LogP contribution in [0, 0.1) is 13.8 Å². The molecule has 138 valence electrons. The van der Waals surface area contributed by atoms with Crippen molar-refractivity contribution in [1.82, 2.24) is 5.32 Å². The van der Waals surface area contributed by atoms with Gasteiger partial charge in [0.05, 0.1) is 18.7 Å². The quantitative estimate of drug-likeness (QED) is 0.593. The van der Waals surface area contributed by atoms with Crippen molar-refractivity contribution in [1.29, 1.82) is 0 Å². The van der Waals surface area contributed by atoms with Crippen molar-refractivity contribution in [3.63, 3.8) is 0 Å². The lowest BCUT2D eigenvalue weighted by Gasteiger charge is -2.18. The summed E-state index contributed by atoms with van der Waals surface area (Å²) in [7, 11) is 1.35. The summed E-state index contributed by atoms with van der Waals surface area (Å²) in [6.07, 6.45) is 0. The molecule has 26 heavy (non-hydrogen) atoms. The Morgan fingerprint density at radius 2 is 1.92 bits per heavy atom. The highest BCUT2D eigenvalue weighted by Gasteiger charge is 2.09. The molecule has 2 N–H and O–H groups in total. The van der Waals surface area contributed by atoms with Gasteiger partial charge >= 0.3 is 5.97 Å². The normalized spacial score (nSPS) is 11.4. The number of anilines is 1. The van der Waals surface area contributed by atoms with Gasteiger partial charge in [0.15, 0.2) is 5.11 Å². The third kappa shape index (κ3) is 5.74. The lowest BCUT2D eigenvalue weighted by atomic mass is 10.1. The highest BCUT2D eigenvalue weighted by molar-refractivity contribution is 7.80. The SMILES string of the molecule is COC(=O)c1cccc(NC(=S)N[C@@H](C)COc2ccc(C)c(C)c2)c1. The number of benzene rings is 2. The molecule has 5 nitrogen and oxygen atoms in total. The average molecular weight is 372 g/mol. The number of thiocarbonyl (C=S) groups is 1. The standard InChI is InChI=1S/C20H24N2O3S/c1-13-8-9-18(10-14(13)2)25-12-15(3)21-20(26)22-17-7-5-6-16(11-17)19(23)24-4/h5-11,15H,12H2,1-4H3,(H2,21,22,26)/t15-/m0/s1. The minimum atomic E-state index is -0.386. The van der Waals surface area contributed by atoms with Crippen LogP contribution >= 0.6 is 12.2 Å². The van der Waals surface area contributed by atoms with Crippen molar-refractivity contribution in [2.45, 2.75) is 26.8 Å². The minimum absolute atomic E-state index is 0.0143. The second-order valence-electron chi connectivity index (χ2n) is 6.13. The largest absolute Gasteiger partial charge is 0.491 e. The molecule has 0 aliphatic rings. The molecular formula is C20H24N2O3S. The van der Waals surface area contributed by atoms with Crippen LogP contribution in [0.3, 0.4) is 0 Å². The van der Waals surface area contributed by atoms with Gasteiger partial charge in [-0.1, -0.05) is 12.1 Å². The number of methoxy groups -OCH3 is 1. The van der Waals surface area contributed by atoms with Crippen molar-refractivity contribution in [3.05, 3.63) is 59.2 Å². The zero-order valence-corrected chi connectivity index (χ0v) is 16.3. The minimum Gasteiger partial charge on any atom is -0.491 e. The number of hydrogen-bond donors (Lipinski definition) is 2. The van der Waals surface area contributed by atoms with Crippen LogP contribution in [0.5, 0.6) is 5.75 Å². The number of hydrogen-bond acceptors (Lipinski definition) is 4. The fourth-order valence-electron chi connectivity index (χ4n) is 2.30. The Hall–Kier alpha value is -2.60. The Morgan fingerprint density at radius 3 is 2.62 bits per heavy atom. The summed E-state index contributed by atoms with van der Waals surface area (Å²) in [5.41, 5.74) is 3.62. The first kappa shape index (κ1) is 19.7. The van der Waals surface area contributed by atoms with E-state index in [2.05, 4.69) is 24.5 Å². The molecule has 0 aliphatic carbocycles. The Labute approximate surface area is 159 Å². The van der Waals surface area contributed by atoms with E-state index in [0.717, 1.165) is 5.75 Å². The van der Waals surface area contributed by atoms with Gasteiger partial charge in [0.1, 0.15) is 12.4 Å². The number of nitrogens with one attached hydrogen (secondary N) is 2. The van der Waals surface area contributed by atoms with Crippen LogP contribution in [-0.4, -0.2) is 30.8 Å². The molecule has 0 saturated carbocycles. The lowest BCUT2D eigenvalue weighted by Crippen LogP contribution is -2.39. The van der Waals surface area contributed by atoms with Crippen molar-refractivity contribution < 1.29 is 14.3 Å². The first-order chi connectivity index (χ1) is 12.4. The molecule has 0 unspecified atom stereocenters. The van der Waals surface area contributed by atoms with Crippen molar-refractivity contribution in [3.8, 4) is 5.75 Å². The van der Waals surface area contributed by atoms with Crippen LogP contribution in [0.4, 0.5) is 5.69 Å². The van der Waals surface area contributed by atoms with E-state index in [0.29, 0.717) is 23.0 Å². The highest BCUT2D eigenvalue weighted by atomic mass is 32.1. The van der Waals surface area contributed by atoms with E-state index >= 15 is 0 Å². The summed E-state index contributed by atoms with van der Waals surface area (Å²) in [6, 6.07) is 13.0. The second kappa shape index (κ2) is 9.20. The van der Waals surface area contributed by atoms with Gasteiger partial charge in [-0.25, -0.2) is 4.79 Å². The van der Waals surface area contributed by atoms with Crippen LogP contribution in [0.25, 0.3) is 0 Å². The van der Waals surface area contributed by atoms with Crippen molar-refractivity contribution in [2.24, 2.45) is 0 Å². The van der Waals surface area contributed by atoms with Gasteiger partial charge in [-0.3, -0.25) is 0 Å². The fourth-order valence-corrected chi connectivity index (χ4v) is 2.62. The maximum atomic E-state index is 11.6. The zero-order chi connectivity index (χ0) is 19.1. The number of ether oxygens (including phenoxy) is 2. The van der Waals surface area contributed by atoms with Gasteiger partial charge in [-0.05, 0) is 74.4 Å². The number of aryl methyl sites for hydroxylation is 2. The molecule has 0 aromatic heterocycles. The third-order valence-corrected chi connectivity index (χ3v) is 4.12. The Kier molecular flexibility index (Phi) is 6.97. The number of carbonyl (C=O) groups is 1. The predicted octanol–water partition coefficient (Wildman–Crippen LogP) is 3.84. The monoisotopic (exact) mass is 372 g/mol. The summed E-state index contributed by atoms with van der Waals surface area (Å²) >= 11 is 5.32. The van der Waals surface area contributed by atoms with Gasteiger partial charge in [-0.2, -0.15) is 0 Å². The van der Waals surface area contributed by atoms with Crippen LogP contribution in [-0.2, 0) is 4.74 Å². The molecule has 2 aromatic rings. The Morgan fingerprint density at radius 1 is 1.15 bits per heavy atom. The maximum Gasteiger partial charge on any atom is 0.337 e. The van der Waals surface area contributed by atoms with E-state index in [9.17, 15) is 4.79 Å². The van der Waals surface area contributed by atoms with Crippen molar-refractivity contribution in [2.75, 3.05) is 19.0 Å². The van der Waals surface area contributed by atoms with Crippen LogP contribution in [0.1, 0.15) is 28.4 Å². The van der Waals surface area contributed by atoms with Crippen LogP contribution in [0.2, 0.25) is 0 Å². The highest BCUT2D eigenvalue weighted by Crippen LogP contribution is 2.16. The number of rotatable bonds is 6. The summed E-state index contributed by atoms with van der Waals surface area (Å²) < 4.78 is 10.5. The van der Waals surface area contributed by atoms with Gasteiger partial charge in [0.2, 0.25) is 0 Å². The molecule has 0 bridgehead atoms. The molecule has 0 radical (unpaired) electrons. The van der Waals surface area contributed by atoms with E-state index in [1.807, 2.05) is 31.2 Å². The van der Waals surface area contributed by atoms with Gasteiger partial charge in [-0.15, -0.1) is 0 Å². The predicted molar refractivity (Wildman–Crippen MR) is 108 cm³/mol. The number of carbonyl (C=O) groups excluding carboxylic acids is 1. The third-order valence-electron chi connectivity index (χ3n) is 3.90. The molecule has 1 atom stereocenters. The summed E-state index contributed by atoms with van der Waals surface area (Å²) in [5, 5.41) is 6.69. The molecular weight excluding hydrogens is 348 g/mol. The van der Waals surface area contributed by atoms with Gasteiger partial charge in [0, 0.05) is 5.69 Å². The average Bonchev–Trinajstić information content (AvgIpc) is 2.62. The van der Waals surface area contributed by atoms with Gasteiger partial charge in [0.25, 0.3) is 0 Å². The molecule has 0 aliphatic heterocycles. The lowest BCUT2D eigenvalue weighted by molar-refractivity contribution is 0.0601. The summed E-state index contributed by atoms with van der Waals surface area (Å²) in [5.74, 6) is 0.453. The first-order valence-corrected chi connectivity index (χ1v) is 8.76. The van der Waals surface area contributed by atoms with E-state index < -0.39 is 0 Å². The smallest absolute Gasteiger partial charge is 0.337 e. The van der Waals surface area contributed by atoms with Gasteiger partial charge < -0.3 is 20.1 Å². The second-order valence-corrected chi connectivity index (χ2v) is 6.54. The molecule has 0 fully saturated rings. The van der Waals surface area contributed by atoms with Crippen LogP contribution < -0.4 is 15.4 Å². The molecule has 0 saturated heterocycles. The topological polar surface area (TPSA) is 59.6 Å². The molecule has 0 heterocycles. The van der Waals surface area contributed by atoms with Crippen molar-refractivity contribution >= 4 is 29.0 Å². The van der Waals surface area contributed by atoms with E-state index in [1.54, 1.807) is 18.2 Å². The van der Waals surface area contributed by atoms with Crippen LogP contribution in [0.15, 0.2) is 42.5 Å². The maximum absolute atomic E-state index is 11.6. The Balaban J connectivity index is 1.85. The molecule has 0 amide bonds.